The van der Waals surface area contributed by atoms with Crippen LogP contribution in [0.25, 0.3) is 27.8 Å². The lowest BCUT2D eigenvalue weighted by Crippen LogP contribution is -2.10. The smallest absolute Gasteiger partial charge is 0.337 e. The van der Waals surface area contributed by atoms with Crippen molar-refractivity contribution in [2.75, 3.05) is 7.11 Å². The molecule has 0 amide bonds. The van der Waals surface area contributed by atoms with Crippen LogP contribution in [0, 0.1) is 5.82 Å². The number of fused-ring (bicyclic) bond motifs is 3. The van der Waals surface area contributed by atoms with Crippen LogP contribution in [-0.2, 0) is 10.2 Å². The van der Waals surface area contributed by atoms with Gasteiger partial charge in [-0.25, -0.2) is 14.2 Å². The molecule has 0 aliphatic heterocycles. The van der Waals surface area contributed by atoms with E-state index in [1.807, 2.05) is 12.1 Å². The first-order valence-electron chi connectivity index (χ1n) is 9.08. The van der Waals surface area contributed by atoms with E-state index < -0.39 is 5.97 Å². The van der Waals surface area contributed by atoms with Crippen LogP contribution >= 0.6 is 0 Å². The van der Waals surface area contributed by atoms with Gasteiger partial charge in [0, 0.05) is 17.8 Å². The highest BCUT2D eigenvalue weighted by Crippen LogP contribution is 2.30. The molecule has 0 unspecified atom stereocenters. The third-order valence-corrected chi connectivity index (χ3v) is 4.94. The highest BCUT2D eigenvalue weighted by molar-refractivity contribution is 5.95. The first kappa shape index (κ1) is 18.2. The van der Waals surface area contributed by atoms with Crippen molar-refractivity contribution in [3.63, 3.8) is 0 Å². The van der Waals surface area contributed by atoms with Gasteiger partial charge in [0.1, 0.15) is 5.82 Å². The number of rotatable bonds is 2. The third kappa shape index (κ3) is 3.03. The minimum Gasteiger partial charge on any atom is -0.465 e. The number of esters is 1. The summed E-state index contributed by atoms with van der Waals surface area (Å²) in [5.74, 6) is -0.766. The monoisotopic (exact) mass is 376 g/mol. The van der Waals surface area contributed by atoms with Gasteiger partial charge in [-0.2, -0.15) is 0 Å². The summed E-state index contributed by atoms with van der Waals surface area (Å²) >= 11 is 0. The van der Waals surface area contributed by atoms with Crippen LogP contribution in [-0.4, -0.2) is 22.5 Å². The van der Waals surface area contributed by atoms with Gasteiger partial charge in [0.05, 0.1) is 34.9 Å². The van der Waals surface area contributed by atoms with Crippen LogP contribution in [0.15, 0.2) is 54.7 Å². The van der Waals surface area contributed by atoms with Gasteiger partial charge in [-0.1, -0.05) is 45.0 Å². The topological polar surface area (TPSA) is 43.6 Å². The molecular weight excluding hydrogens is 355 g/mol. The Balaban J connectivity index is 1.96. The number of nitrogens with zero attached hydrogens (tertiary/aromatic N) is 2. The Labute approximate surface area is 162 Å². The lowest BCUT2D eigenvalue weighted by atomic mass is 9.86. The highest BCUT2D eigenvalue weighted by Gasteiger charge is 2.17. The molecule has 0 radical (unpaired) electrons. The number of aromatic nitrogens is 2. The Morgan fingerprint density at radius 2 is 1.75 bits per heavy atom. The minimum absolute atomic E-state index is 0.0429. The average Bonchev–Trinajstić information content (AvgIpc) is 3.07. The van der Waals surface area contributed by atoms with Crippen molar-refractivity contribution < 1.29 is 13.9 Å². The van der Waals surface area contributed by atoms with Crippen molar-refractivity contribution in [2.45, 2.75) is 26.2 Å². The van der Waals surface area contributed by atoms with E-state index in [0.29, 0.717) is 22.3 Å². The molecule has 2 heterocycles. The maximum atomic E-state index is 14.1. The predicted octanol–water partition coefficient (Wildman–Crippen LogP) is 5.38. The van der Waals surface area contributed by atoms with Gasteiger partial charge < -0.3 is 9.14 Å². The zero-order valence-electron chi connectivity index (χ0n) is 16.3. The summed E-state index contributed by atoms with van der Waals surface area (Å²) in [7, 11) is 1.34. The summed E-state index contributed by atoms with van der Waals surface area (Å²) in [5, 5.41) is 0. The second-order valence-corrected chi connectivity index (χ2v) is 7.90. The highest BCUT2D eigenvalue weighted by atomic mass is 19.1. The van der Waals surface area contributed by atoms with Gasteiger partial charge >= 0.3 is 5.97 Å². The lowest BCUT2D eigenvalue weighted by molar-refractivity contribution is 0.0601. The van der Waals surface area contributed by atoms with Gasteiger partial charge in [0.25, 0.3) is 0 Å². The summed E-state index contributed by atoms with van der Waals surface area (Å²) in [6, 6.07) is 14.7. The summed E-state index contributed by atoms with van der Waals surface area (Å²) in [6.45, 7) is 6.47. The summed E-state index contributed by atoms with van der Waals surface area (Å²) < 4.78 is 20.7. The Hall–Kier alpha value is -3.21. The molecule has 4 aromatic rings. The van der Waals surface area contributed by atoms with Crippen LogP contribution in [0.3, 0.4) is 0 Å². The quantitative estimate of drug-likeness (QED) is 0.441. The molecule has 0 aliphatic carbocycles. The van der Waals surface area contributed by atoms with E-state index in [9.17, 15) is 9.18 Å². The van der Waals surface area contributed by atoms with Crippen LogP contribution in [0.5, 0.6) is 0 Å². The molecule has 4 rings (SSSR count). The van der Waals surface area contributed by atoms with Crippen LogP contribution in [0.4, 0.5) is 4.39 Å². The Bertz CT molecular complexity index is 1200. The first-order valence-corrected chi connectivity index (χ1v) is 9.08. The second-order valence-electron chi connectivity index (χ2n) is 7.90. The number of carbonyl (C=O) groups is 1. The Kier molecular flexibility index (Phi) is 4.18. The maximum absolute atomic E-state index is 14.1. The second kappa shape index (κ2) is 6.44. The third-order valence-electron chi connectivity index (χ3n) is 4.94. The molecule has 4 nitrogen and oxygen atoms in total. The molecule has 0 spiro atoms. The van der Waals surface area contributed by atoms with Crippen LogP contribution in [0.1, 0.15) is 36.7 Å². The van der Waals surface area contributed by atoms with Gasteiger partial charge in [-0.15, -0.1) is 0 Å². The number of ether oxygens (including phenoxy) is 1. The van der Waals surface area contributed by atoms with Crippen molar-refractivity contribution in [1.82, 2.24) is 9.38 Å². The molecule has 142 valence electrons. The maximum Gasteiger partial charge on any atom is 0.337 e. The van der Waals surface area contributed by atoms with E-state index in [2.05, 4.69) is 32.9 Å². The fraction of sp³-hybridized carbons (Fsp3) is 0.217. The van der Waals surface area contributed by atoms with Crippen molar-refractivity contribution in [3.8, 4) is 11.3 Å². The van der Waals surface area contributed by atoms with Gasteiger partial charge in [0.2, 0.25) is 0 Å². The van der Waals surface area contributed by atoms with Crippen LogP contribution in [0.2, 0.25) is 0 Å². The lowest BCUT2D eigenvalue weighted by Gasteiger charge is -2.19. The molecule has 28 heavy (non-hydrogen) atoms. The van der Waals surface area contributed by atoms with Gasteiger partial charge in [-0.05, 0) is 29.2 Å². The zero-order chi connectivity index (χ0) is 20.1. The Morgan fingerprint density at radius 3 is 2.39 bits per heavy atom. The van der Waals surface area contributed by atoms with Crippen molar-refractivity contribution in [1.29, 1.82) is 0 Å². The molecule has 0 fully saturated rings. The van der Waals surface area contributed by atoms with E-state index in [1.54, 1.807) is 22.6 Å². The summed E-state index contributed by atoms with van der Waals surface area (Å²) in [4.78, 5) is 16.7. The molecule has 0 bridgehead atoms. The molecular formula is C23H21FN2O2. The number of benzene rings is 2. The predicted molar refractivity (Wildman–Crippen MR) is 108 cm³/mol. The fourth-order valence-electron chi connectivity index (χ4n) is 3.39. The minimum atomic E-state index is -0.432. The number of carbonyl (C=O) groups excluding carboxylic acids is 1. The standard InChI is InChI=1S/C23H21FN2O2/c1-23(2,3)16-8-5-14(6-9-16)21-20-12-17(24)13-26(20)19-10-7-15(22(27)28-4)11-18(19)25-21/h5-13H,1-4H3. The molecule has 0 atom stereocenters. The van der Waals surface area contributed by atoms with Gasteiger partial charge in [0.15, 0.2) is 0 Å². The number of hydrogen-bond donors (Lipinski definition) is 0. The number of halogens is 1. The average molecular weight is 376 g/mol. The SMILES string of the molecule is COC(=O)c1ccc2c(c1)nc(-c1ccc(C(C)(C)C)cc1)c1cc(F)cn12. The molecule has 2 aromatic carbocycles. The van der Waals surface area contributed by atoms with Crippen molar-refractivity contribution in [3.05, 3.63) is 71.7 Å². The van der Waals surface area contributed by atoms with Crippen molar-refractivity contribution >= 4 is 22.5 Å². The normalized spacial score (nSPS) is 11.9. The largest absolute Gasteiger partial charge is 0.465 e. The van der Waals surface area contributed by atoms with E-state index in [0.717, 1.165) is 11.1 Å². The van der Waals surface area contributed by atoms with E-state index >= 15 is 0 Å². The first-order chi connectivity index (χ1) is 13.3. The van der Waals surface area contributed by atoms with E-state index in [4.69, 9.17) is 9.72 Å². The van der Waals surface area contributed by atoms with Crippen molar-refractivity contribution in [2.24, 2.45) is 0 Å². The molecule has 0 saturated heterocycles. The summed E-state index contributed by atoms with van der Waals surface area (Å²) in [6.07, 6.45) is 1.43. The van der Waals surface area contributed by atoms with E-state index in [1.165, 1.54) is 24.9 Å². The molecule has 0 N–H and O–H groups in total. The Morgan fingerprint density at radius 1 is 1.04 bits per heavy atom. The zero-order valence-corrected chi connectivity index (χ0v) is 16.3. The van der Waals surface area contributed by atoms with E-state index in [-0.39, 0.29) is 11.2 Å². The van der Waals surface area contributed by atoms with Gasteiger partial charge in [-0.3, -0.25) is 0 Å². The molecule has 2 aromatic heterocycles. The number of methoxy groups -OCH3 is 1. The van der Waals surface area contributed by atoms with Crippen LogP contribution < -0.4 is 0 Å². The number of hydrogen-bond acceptors (Lipinski definition) is 3. The summed E-state index contributed by atoms with van der Waals surface area (Å²) in [5.41, 5.74) is 5.22. The fourth-order valence-corrected chi connectivity index (χ4v) is 3.39. The molecule has 0 saturated carbocycles. The molecule has 5 heteroatoms. The molecule has 0 aliphatic rings.